The van der Waals surface area contributed by atoms with E-state index < -0.39 is 0 Å². The zero-order chi connectivity index (χ0) is 9.68. The van der Waals surface area contributed by atoms with Gasteiger partial charge in [-0.2, -0.15) is 0 Å². The molecule has 3 nitrogen and oxygen atoms in total. The standard InChI is InChI=1S/C9H10ClNO2/c1-2-13-8-6-4-3-5-7(8)9(10)11-12/h3-6,12H,2H2,1H3. The van der Waals surface area contributed by atoms with E-state index in [2.05, 4.69) is 5.16 Å². The molecule has 0 aliphatic rings. The predicted molar refractivity (Wildman–Crippen MR) is 51.8 cm³/mol. The highest BCUT2D eigenvalue weighted by Crippen LogP contribution is 2.20. The minimum Gasteiger partial charge on any atom is -0.493 e. The van der Waals surface area contributed by atoms with Crippen LogP contribution in [0.4, 0.5) is 0 Å². The second-order valence-corrected chi connectivity index (χ2v) is 2.68. The normalized spacial score (nSPS) is 11.4. The zero-order valence-electron chi connectivity index (χ0n) is 7.20. The number of oxime groups is 1. The minimum atomic E-state index is 0.0315. The summed E-state index contributed by atoms with van der Waals surface area (Å²) in [6, 6.07) is 7.13. The van der Waals surface area contributed by atoms with E-state index in [-0.39, 0.29) is 5.17 Å². The van der Waals surface area contributed by atoms with Gasteiger partial charge in [-0.1, -0.05) is 28.9 Å². The Morgan fingerprint density at radius 3 is 2.85 bits per heavy atom. The number of benzene rings is 1. The second-order valence-electron chi connectivity index (χ2n) is 2.32. The van der Waals surface area contributed by atoms with Crippen LogP contribution in [0.3, 0.4) is 0 Å². The van der Waals surface area contributed by atoms with Crippen LogP contribution in [-0.2, 0) is 0 Å². The molecule has 0 spiro atoms. The highest BCUT2D eigenvalue weighted by molar-refractivity contribution is 6.69. The number of rotatable bonds is 3. The lowest BCUT2D eigenvalue weighted by molar-refractivity contribution is 0.319. The Morgan fingerprint density at radius 2 is 2.23 bits per heavy atom. The smallest absolute Gasteiger partial charge is 0.179 e. The van der Waals surface area contributed by atoms with E-state index in [1.807, 2.05) is 13.0 Å². The van der Waals surface area contributed by atoms with Crippen molar-refractivity contribution < 1.29 is 9.94 Å². The van der Waals surface area contributed by atoms with Crippen molar-refractivity contribution in [3.05, 3.63) is 29.8 Å². The summed E-state index contributed by atoms with van der Waals surface area (Å²) in [6.45, 7) is 2.42. The first kappa shape index (κ1) is 9.86. The summed E-state index contributed by atoms with van der Waals surface area (Å²) in [5.74, 6) is 0.618. The highest BCUT2D eigenvalue weighted by Gasteiger charge is 2.06. The van der Waals surface area contributed by atoms with Crippen molar-refractivity contribution in [2.45, 2.75) is 6.92 Å². The van der Waals surface area contributed by atoms with E-state index in [0.29, 0.717) is 17.9 Å². The molecule has 1 rings (SSSR count). The van der Waals surface area contributed by atoms with Crippen LogP contribution in [0.2, 0.25) is 0 Å². The van der Waals surface area contributed by atoms with Crippen molar-refractivity contribution in [1.82, 2.24) is 0 Å². The molecule has 0 bridgehead atoms. The summed E-state index contributed by atoms with van der Waals surface area (Å²) >= 11 is 5.65. The molecule has 0 saturated carbocycles. The first-order valence-corrected chi connectivity index (χ1v) is 4.27. The van der Waals surface area contributed by atoms with Crippen LogP contribution in [-0.4, -0.2) is 17.0 Å². The summed E-state index contributed by atoms with van der Waals surface area (Å²) in [5, 5.41) is 11.4. The molecule has 1 aromatic rings. The molecule has 0 atom stereocenters. The van der Waals surface area contributed by atoms with Crippen LogP contribution in [0.25, 0.3) is 0 Å². The number of para-hydroxylation sites is 1. The maximum absolute atomic E-state index is 8.48. The maximum Gasteiger partial charge on any atom is 0.179 e. The topological polar surface area (TPSA) is 41.8 Å². The Bertz CT molecular complexity index is 312. The molecule has 0 amide bonds. The molecule has 0 aliphatic carbocycles. The molecular formula is C9H10ClNO2. The Morgan fingerprint density at radius 1 is 1.54 bits per heavy atom. The third-order valence-electron chi connectivity index (χ3n) is 1.50. The summed E-state index contributed by atoms with van der Waals surface area (Å²) in [5.41, 5.74) is 0.591. The summed E-state index contributed by atoms with van der Waals surface area (Å²) in [7, 11) is 0. The number of halogens is 1. The molecule has 0 unspecified atom stereocenters. The van der Waals surface area contributed by atoms with Gasteiger partial charge in [-0.25, -0.2) is 0 Å². The molecule has 0 aliphatic heterocycles. The van der Waals surface area contributed by atoms with Gasteiger partial charge in [-0.05, 0) is 19.1 Å². The Hall–Kier alpha value is -1.22. The lowest BCUT2D eigenvalue weighted by Crippen LogP contribution is -1.99. The van der Waals surface area contributed by atoms with Gasteiger partial charge in [0, 0.05) is 0 Å². The van der Waals surface area contributed by atoms with Crippen LogP contribution in [0, 0.1) is 0 Å². The van der Waals surface area contributed by atoms with E-state index in [1.165, 1.54) is 0 Å². The van der Waals surface area contributed by atoms with Gasteiger partial charge in [0.05, 0.1) is 12.2 Å². The maximum atomic E-state index is 8.48. The average Bonchev–Trinajstić information content (AvgIpc) is 2.18. The lowest BCUT2D eigenvalue weighted by atomic mass is 10.2. The minimum absolute atomic E-state index is 0.0315. The zero-order valence-corrected chi connectivity index (χ0v) is 7.95. The molecular weight excluding hydrogens is 190 g/mol. The third kappa shape index (κ3) is 2.36. The third-order valence-corrected chi connectivity index (χ3v) is 1.78. The van der Waals surface area contributed by atoms with Crippen molar-refractivity contribution >= 4 is 16.8 Å². The van der Waals surface area contributed by atoms with E-state index in [1.54, 1.807) is 18.2 Å². The SMILES string of the molecule is CCOc1ccccc1C(Cl)=NO. The first-order chi connectivity index (χ1) is 6.29. The van der Waals surface area contributed by atoms with Gasteiger partial charge in [0.1, 0.15) is 5.75 Å². The molecule has 0 radical (unpaired) electrons. The van der Waals surface area contributed by atoms with Crippen molar-refractivity contribution in [3.63, 3.8) is 0 Å². The first-order valence-electron chi connectivity index (χ1n) is 3.89. The summed E-state index contributed by atoms with van der Waals surface area (Å²) < 4.78 is 5.28. The fraction of sp³-hybridized carbons (Fsp3) is 0.222. The second kappa shape index (κ2) is 4.72. The number of hydrogen-bond acceptors (Lipinski definition) is 3. The van der Waals surface area contributed by atoms with E-state index in [9.17, 15) is 0 Å². The number of hydrogen-bond donors (Lipinski definition) is 1. The Kier molecular flexibility index (Phi) is 3.58. The molecule has 1 aromatic carbocycles. The molecule has 4 heteroatoms. The molecule has 13 heavy (non-hydrogen) atoms. The van der Waals surface area contributed by atoms with Crippen molar-refractivity contribution in [1.29, 1.82) is 0 Å². The largest absolute Gasteiger partial charge is 0.493 e. The van der Waals surface area contributed by atoms with Gasteiger partial charge in [-0.15, -0.1) is 0 Å². The van der Waals surface area contributed by atoms with Crippen LogP contribution in [0.1, 0.15) is 12.5 Å². The molecule has 0 saturated heterocycles. The fourth-order valence-corrected chi connectivity index (χ4v) is 1.13. The van der Waals surface area contributed by atoms with Crippen LogP contribution in [0.15, 0.2) is 29.4 Å². The van der Waals surface area contributed by atoms with Gasteiger partial charge < -0.3 is 9.94 Å². The number of ether oxygens (including phenoxy) is 1. The van der Waals surface area contributed by atoms with Gasteiger partial charge in [0.15, 0.2) is 5.17 Å². The predicted octanol–water partition coefficient (Wildman–Crippen LogP) is 2.46. The average molecular weight is 200 g/mol. The van der Waals surface area contributed by atoms with Crippen LogP contribution < -0.4 is 4.74 Å². The van der Waals surface area contributed by atoms with Crippen molar-refractivity contribution in [3.8, 4) is 5.75 Å². The van der Waals surface area contributed by atoms with E-state index >= 15 is 0 Å². The van der Waals surface area contributed by atoms with Gasteiger partial charge in [0.2, 0.25) is 0 Å². The molecule has 70 valence electrons. The molecule has 0 aromatic heterocycles. The highest BCUT2D eigenvalue weighted by atomic mass is 35.5. The lowest BCUT2D eigenvalue weighted by Gasteiger charge is -2.06. The van der Waals surface area contributed by atoms with Gasteiger partial charge in [0.25, 0.3) is 0 Å². The monoisotopic (exact) mass is 199 g/mol. The molecule has 1 N–H and O–H groups in total. The van der Waals surface area contributed by atoms with Crippen LogP contribution in [0.5, 0.6) is 5.75 Å². The van der Waals surface area contributed by atoms with Crippen molar-refractivity contribution in [2.24, 2.45) is 5.16 Å². The van der Waals surface area contributed by atoms with Gasteiger partial charge in [-0.3, -0.25) is 0 Å². The fourth-order valence-electron chi connectivity index (χ4n) is 0.972. The molecule has 0 heterocycles. The summed E-state index contributed by atoms with van der Waals surface area (Å²) in [4.78, 5) is 0. The van der Waals surface area contributed by atoms with Crippen LogP contribution >= 0.6 is 11.6 Å². The quantitative estimate of drug-likeness (QED) is 0.462. The Balaban J connectivity index is 3.04. The summed E-state index contributed by atoms with van der Waals surface area (Å²) in [6.07, 6.45) is 0. The van der Waals surface area contributed by atoms with E-state index in [0.717, 1.165) is 0 Å². The van der Waals surface area contributed by atoms with E-state index in [4.69, 9.17) is 21.5 Å². The number of nitrogens with zero attached hydrogens (tertiary/aromatic N) is 1. The Labute approximate surface area is 81.6 Å². The molecule has 0 fully saturated rings. The van der Waals surface area contributed by atoms with Crippen molar-refractivity contribution in [2.75, 3.05) is 6.61 Å². The van der Waals surface area contributed by atoms with Gasteiger partial charge >= 0.3 is 0 Å².